The fourth-order valence-electron chi connectivity index (χ4n) is 3.67. The van der Waals surface area contributed by atoms with E-state index in [-0.39, 0.29) is 11.9 Å². The Hall–Kier alpha value is -1.59. The molecule has 0 aromatic heterocycles. The normalized spacial score (nSPS) is 16.9. The van der Waals surface area contributed by atoms with Crippen molar-refractivity contribution in [3.05, 3.63) is 29.8 Å². The lowest BCUT2D eigenvalue weighted by Gasteiger charge is -2.29. The summed E-state index contributed by atoms with van der Waals surface area (Å²) >= 11 is 0. The monoisotopic (exact) mass is 376 g/mol. The van der Waals surface area contributed by atoms with Crippen LogP contribution in [0.25, 0.3) is 0 Å². The maximum atomic E-state index is 12.4. The molecule has 0 unspecified atom stereocenters. The highest BCUT2D eigenvalue weighted by Crippen LogP contribution is 2.22. The van der Waals surface area contributed by atoms with Crippen molar-refractivity contribution < 1.29 is 14.6 Å². The number of ether oxygens (including phenoxy) is 1. The molecule has 2 atom stereocenters. The van der Waals surface area contributed by atoms with Crippen LogP contribution >= 0.6 is 0 Å². The maximum Gasteiger partial charge on any atom is 0.220 e. The van der Waals surface area contributed by atoms with Gasteiger partial charge in [-0.3, -0.25) is 4.79 Å². The van der Waals surface area contributed by atoms with Gasteiger partial charge in [-0.05, 0) is 50.0 Å². The Labute approximate surface area is 164 Å². The first-order valence-electron chi connectivity index (χ1n) is 10.5. The fourth-order valence-corrected chi connectivity index (χ4v) is 3.67. The average Bonchev–Trinajstić information content (AvgIpc) is 3.20. The molecule has 5 heteroatoms. The Balaban J connectivity index is 1.93. The fraction of sp³-hybridized carbons (Fsp3) is 0.682. The van der Waals surface area contributed by atoms with E-state index in [0.29, 0.717) is 13.0 Å². The van der Waals surface area contributed by atoms with E-state index in [4.69, 9.17) is 4.74 Å². The lowest BCUT2D eigenvalue weighted by atomic mass is 10.0. The molecule has 1 aliphatic rings. The molecule has 1 saturated heterocycles. The van der Waals surface area contributed by atoms with Crippen molar-refractivity contribution in [2.45, 2.75) is 70.4 Å². The second-order valence-corrected chi connectivity index (χ2v) is 7.56. The van der Waals surface area contributed by atoms with Crippen LogP contribution in [-0.2, 0) is 4.79 Å². The van der Waals surface area contributed by atoms with E-state index in [2.05, 4.69) is 17.1 Å². The smallest absolute Gasteiger partial charge is 0.220 e. The molecule has 1 fully saturated rings. The summed E-state index contributed by atoms with van der Waals surface area (Å²) in [6.07, 6.45) is 7.84. The molecule has 2 N–H and O–H groups in total. The van der Waals surface area contributed by atoms with Crippen molar-refractivity contribution in [2.24, 2.45) is 0 Å². The van der Waals surface area contributed by atoms with Gasteiger partial charge < -0.3 is 20.1 Å². The average molecular weight is 377 g/mol. The van der Waals surface area contributed by atoms with Gasteiger partial charge >= 0.3 is 0 Å². The number of unbranched alkanes of at least 4 members (excludes halogenated alkanes) is 4. The number of methoxy groups -OCH3 is 1. The molecule has 2 rings (SSSR count). The molecule has 5 nitrogen and oxygen atoms in total. The number of nitrogens with one attached hydrogen (secondary N) is 1. The standard InChI is InChI=1S/C22H36N2O3/c1-3-4-5-6-7-10-21(25)23-20(17-24-15-8-9-16-24)22(26)18-11-13-19(27-2)14-12-18/h11-14,20,22,26H,3-10,15-17H2,1-2H3,(H,23,25)/t20-,22-/m1/s1. The van der Waals surface area contributed by atoms with Crippen LogP contribution in [0.2, 0.25) is 0 Å². The van der Waals surface area contributed by atoms with Gasteiger partial charge in [-0.25, -0.2) is 0 Å². The number of likely N-dealkylation sites (tertiary alicyclic amines) is 1. The van der Waals surface area contributed by atoms with Gasteiger partial charge in [0, 0.05) is 13.0 Å². The quantitative estimate of drug-likeness (QED) is 0.547. The summed E-state index contributed by atoms with van der Waals surface area (Å²) < 4.78 is 5.19. The molecule has 0 radical (unpaired) electrons. The minimum atomic E-state index is -0.722. The van der Waals surface area contributed by atoms with E-state index < -0.39 is 6.10 Å². The summed E-state index contributed by atoms with van der Waals surface area (Å²) in [6.45, 7) is 4.96. The zero-order valence-corrected chi connectivity index (χ0v) is 17.0. The number of carbonyl (C=O) groups is 1. The zero-order valence-electron chi connectivity index (χ0n) is 17.0. The number of rotatable bonds is 12. The molecular weight excluding hydrogens is 340 g/mol. The molecular formula is C22H36N2O3. The van der Waals surface area contributed by atoms with E-state index in [1.54, 1.807) is 7.11 Å². The molecule has 0 saturated carbocycles. The number of carbonyl (C=O) groups excluding carboxylic acids is 1. The van der Waals surface area contributed by atoms with E-state index in [9.17, 15) is 9.90 Å². The van der Waals surface area contributed by atoms with E-state index in [0.717, 1.165) is 37.2 Å². The summed E-state index contributed by atoms with van der Waals surface area (Å²) in [5, 5.41) is 14.0. The molecule has 0 spiro atoms. The molecule has 0 bridgehead atoms. The van der Waals surface area contributed by atoms with Gasteiger partial charge in [0.15, 0.2) is 0 Å². The molecule has 1 aromatic rings. The summed E-state index contributed by atoms with van der Waals surface area (Å²) in [6, 6.07) is 7.15. The van der Waals surface area contributed by atoms with Gasteiger partial charge in [0.05, 0.1) is 13.2 Å². The predicted octanol–water partition coefficient (Wildman–Crippen LogP) is 3.67. The lowest BCUT2D eigenvalue weighted by molar-refractivity contribution is -0.123. The molecule has 27 heavy (non-hydrogen) atoms. The Morgan fingerprint density at radius 3 is 2.44 bits per heavy atom. The molecule has 152 valence electrons. The topological polar surface area (TPSA) is 61.8 Å². The van der Waals surface area contributed by atoms with Gasteiger partial charge in [-0.1, -0.05) is 44.7 Å². The first kappa shape index (κ1) is 21.7. The number of nitrogens with zero attached hydrogens (tertiary/aromatic N) is 1. The number of aliphatic hydroxyl groups excluding tert-OH is 1. The van der Waals surface area contributed by atoms with Gasteiger partial charge in [-0.2, -0.15) is 0 Å². The zero-order chi connectivity index (χ0) is 19.5. The van der Waals surface area contributed by atoms with Crippen molar-refractivity contribution in [1.82, 2.24) is 10.2 Å². The van der Waals surface area contributed by atoms with Crippen LogP contribution in [0, 0.1) is 0 Å². The number of hydrogen-bond acceptors (Lipinski definition) is 4. The Kier molecular flexibility index (Phi) is 9.64. The molecule has 1 heterocycles. The van der Waals surface area contributed by atoms with Gasteiger partial charge in [-0.15, -0.1) is 0 Å². The largest absolute Gasteiger partial charge is 0.497 e. The van der Waals surface area contributed by atoms with Crippen LogP contribution in [0.3, 0.4) is 0 Å². The van der Waals surface area contributed by atoms with Crippen molar-refractivity contribution in [2.75, 3.05) is 26.7 Å². The molecule has 0 aliphatic carbocycles. The lowest BCUT2D eigenvalue weighted by Crippen LogP contribution is -2.46. The third kappa shape index (κ3) is 7.51. The van der Waals surface area contributed by atoms with Crippen LogP contribution in [0.5, 0.6) is 5.75 Å². The number of amides is 1. The molecule has 1 aromatic carbocycles. The minimum Gasteiger partial charge on any atom is -0.497 e. The Bertz CT molecular complexity index is 541. The summed E-state index contributed by atoms with van der Waals surface area (Å²) in [4.78, 5) is 14.8. The van der Waals surface area contributed by atoms with Crippen LogP contribution in [-0.4, -0.2) is 48.7 Å². The predicted molar refractivity (Wildman–Crippen MR) is 109 cm³/mol. The van der Waals surface area contributed by atoms with Crippen molar-refractivity contribution >= 4 is 5.91 Å². The van der Waals surface area contributed by atoms with E-state index in [1.165, 1.54) is 32.1 Å². The Morgan fingerprint density at radius 2 is 1.81 bits per heavy atom. The van der Waals surface area contributed by atoms with Crippen LogP contribution in [0.1, 0.15) is 70.0 Å². The highest BCUT2D eigenvalue weighted by atomic mass is 16.5. The molecule has 1 aliphatic heterocycles. The highest BCUT2D eigenvalue weighted by molar-refractivity contribution is 5.76. The summed E-state index contributed by atoms with van der Waals surface area (Å²) in [5.41, 5.74) is 0.809. The first-order chi connectivity index (χ1) is 13.1. The summed E-state index contributed by atoms with van der Waals surface area (Å²) in [5.74, 6) is 0.807. The van der Waals surface area contributed by atoms with Crippen molar-refractivity contribution in [3.8, 4) is 5.75 Å². The molecule has 1 amide bonds. The van der Waals surface area contributed by atoms with Crippen molar-refractivity contribution in [1.29, 1.82) is 0 Å². The van der Waals surface area contributed by atoms with Crippen LogP contribution in [0.4, 0.5) is 0 Å². The third-order valence-corrected chi connectivity index (χ3v) is 5.35. The Morgan fingerprint density at radius 1 is 1.15 bits per heavy atom. The van der Waals surface area contributed by atoms with Gasteiger partial charge in [0.2, 0.25) is 5.91 Å². The third-order valence-electron chi connectivity index (χ3n) is 5.35. The van der Waals surface area contributed by atoms with Crippen LogP contribution < -0.4 is 10.1 Å². The van der Waals surface area contributed by atoms with Crippen LogP contribution in [0.15, 0.2) is 24.3 Å². The van der Waals surface area contributed by atoms with Gasteiger partial charge in [0.25, 0.3) is 0 Å². The number of hydrogen-bond donors (Lipinski definition) is 2. The maximum absolute atomic E-state index is 12.4. The minimum absolute atomic E-state index is 0.0447. The van der Waals surface area contributed by atoms with Gasteiger partial charge in [0.1, 0.15) is 11.9 Å². The number of benzene rings is 1. The second-order valence-electron chi connectivity index (χ2n) is 7.56. The first-order valence-corrected chi connectivity index (χ1v) is 10.5. The van der Waals surface area contributed by atoms with E-state index in [1.807, 2.05) is 24.3 Å². The number of aliphatic hydroxyl groups is 1. The second kappa shape index (κ2) is 12.0. The highest BCUT2D eigenvalue weighted by Gasteiger charge is 2.26. The van der Waals surface area contributed by atoms with Crippen molar-refractivity contribution in [3.63, 3.8) is 0 Å². The summed E-state index contributed by atoms with van der Waals surface area (Å²) in [7, 11) is 1.63. The van der Waals surface area contributed by atoms with E-state index >= 15 is 0 Å². The SMILES string of the molecule is CCCCCCCC(=O)N[C@H](CN1CCCC1)[C@H](O)c1ccc(OC)cc1.